The predicted molar refractivity (Wildman–Crippen MR) is 135 cm³/mol. The number of β-amino-alcohol motifs (C(OH)–C–C–N with tert-alkyl or cyclic N) is 1. The molecule has 1 aliphatic heterocycles. The third-order valence-electron chi connectivity index (χ3n) is 6.59. The first-order chi connectivity index (χ1) is 17.0. The summed E-state index contributed by atoms with van der Waals surface area (Å²) in [7, 11) is -1.26. The third-order valence-corrected chi connectivity index (χ3v) is 9.66. The van der Waals surface area contributed by atoms with Crippen LogP contribution < -0.4 is 15.4 Å². The van der Waals surface area contributed by atoms with Gasteiger partial charge in [0.15, 0.2) is 0 Å². The maximum absolute atomic E-state index is 14.0. The molecule has 0 bridgehead atoms. The van der Waals surface area contributed by atoms with Crippen LogP contribution in [0.3, 0.4) is 0 Å². The molecule has 36 heavy (non-hydrogen) atoms. The summed E-state index contributed by atoms with van der Waals surface area (Å²) in [6, 6.07) is 8.26. The second-order valence-electron chi connectivity index (χ2n) is 9.05. The Hall–Kier alpha value is -2.68. The summed E-state index contributed by atoms with van der Waals surface area (Å²) in [5.74, 6) is 1.44. The Kier molecular flexibility index (Phi) is 7.59. The first-order valence-electron chi connectivity index (χ1n) is 11.8. The van der Waals surface area contributed by atoms with Gasteiger partial charge in [-0.3, -0.25) is 0 Å². The molecule has 11 heteroatoms. The van der Waals surface area contributed by atoms with Crippen LogP contribution in [0.15, 0.2) is 36.4 Å². The van der Waals surface area contributed by atoms with Crippen molar-refractivity contribution in [3.05, 3.63) is 53.3 Å². The van der Waals surface area contributed by atoms with Crippen molar-refractivity contribution in [2.75, 3.05) is 51.0 Å². The Morgan fingerprint density at radius 1 is 1.19 bits per heavy atom. The maximum Gasteiger partial charge on any atom is 0.416 e. The van der Waals surface area contributed by atoms with Gasteiger partial charge in [-0.05, 0) is 37.6 Å². The van der Waals surface area contributed by atoms with Crippen LogP contribution in [0, 0.1) is 6.92 Å². The molecular weight excluding hydrogens is 492 g/mol. The molecule has 2 aromatic carbocycles. The Morgan fingerprint density at radius 2 is 1.92 bits per heavy atom. The molecule has 1 fully saturated rings. The Balaban J connectivity index is 1.72. The van der Waals surface area contributed by atoms with Gasteiger partial charge < -0.3 is 24.6 Å². The molecule has 2 heterocycles. The molecular formula is C25H30F3N4O3P. The lowest BCUT2D eigenvalue weighted by molar-refractivity contribution is -0.137. The zero-order valence-corrected chi connectivity index (χ0v) is 21.4. The minimum Gasteiger partial charge on any atom is -0.496 e. The number of aliphatic hydroxyl groups is 1. The number of hydrogen-bond acceptors (Lipinski definition) is 7. The van der Waals surface area contributed by atoms with Gasteiger partial charge in [0.1, 0.15) is 24.5 Å². The van der Waals surface area contributed by atoms with E-state index >= 15 is 0 Å². The molecule has 0 radical (unpaired) electrons. The van der Waals surface area contributed by atoms with Crippen LogP contribution in [0.5, 0.6) is 5.75 Å². The molecule has 0 aliphatic carbocycles. The molecule has 1 aliphatic rings. The quantitative estimate of drug-likeness (QED) is 0.444. The average molecular weight is 523 g/mol. The van der Waals surface area contributed by atoms with Crippen molar-refractivity contribution < 1.29 is 27.6 Å². The SMILES string of the molecule is COc1cc2nc(C)nc(N[C@H](C)c3cccc(C(F)(F)F)c3)c2cc1P1(=O)CCN(CCO)CC1. The minimum absolute atomic E-state index is 0.0549. The summed E-state index contributed by atoms with van der Waals surface area (Å²) < 4.78 is 59.3. The number of hydrogen-bond donors (Lipinski definition) is 2. The number of benzene rings is 2. The molecule has 4 rings (SSSR count). The second-order valence-corrected chi connectivity index (χ2v) is 12.2. The van der Waals surface area contributed by atoms with Crippen molar-refractivity contribution in [2.24, 2.45) is 0 Å². The van der Waals surface area contributed by atoms with E-state index in [0.29, 0.717) is 71.1 Å². The maximum atomic E-state index is 14.0. The minimum atomic E-state index is -4.43. The number of ether oxygens (including phenoxy) is 1. The van der Waals surface area contributed by atoms with Crippen molar-refractivity contribution in [2.45, 2.75) is 26.1 Å². The first kappa shape index (κ1) is 26.4. The lowest BCUT2D eigenvalue weighted by atomic mass is 10.0. The van der Waals surface area contributed by atoms with Crippen LogP contribution in [0.4, 0.5) is 19.0 Å². The number of rotatable bonds is 7. The average Bonchev–Trinajstić information content (AvgIpc) is 2.84. The van der Waals surface area contributed by atoms with Gasteiger partial charge in [0, 0.05) is 49.5 Å². The number of anilines is 1. The van der Waals surface area contributed by atoms with Gasteiger partial charge in [0.25, 0.3) is 0 Å². The summed E-state index contributed by atoms with van der Waals surface area (Å²) in [6.07, 6.45) is -3.51. The number of nitrogens with zero attached hydrogens (tertiary/aromatic N) is 3. The van der Waals surface area contributed by atoms with Crippen molar-refractivity contribution >= 4 is 29.2 Å². The lowest BCUT2D eigenvalue weighted by Crippen LogP contribution is -2.38. The zero-order valence-electron chi connectivity index (χ0n) is 20.5. The zero-order chi connectivity index (χ0) is 26.1. The number of aromatic nitrogens is 2. The van der Waals surface area contributed by atoms with Crippen LogP contribution >= 0.6 is 7.14 Å². The third kappa shape index (κ3) is 5.51. The lowest BCUT2D eigenvalue weighted by Gasteiger charge is -2.32. The molecule has 194 valence electrons. The Bertz CT molecular complexity index is 1290. The second kappa shape index (κ2) is 10.4. The molecule has 0 spiro atoms. The fourth-order valence-electron chi connectivity index (χ4n) is 4.56. The fraction of sp³-hybridized carbons (Fsp3) is 0.440. The fourth-order valence-corrected chi connectivity index (χ4v) is 7.40. The summed E-state index contributed by atoms with van der Waals surface area (Å²) >= 11 is 0. The van der Waals surface area contributed by atoms with E-state index in [1.807, 2.05) is 0 Å². The molecule has 1 saturated heterocycles. The van der Waals surface area contributed by atoms with Crippen molar-refractivity contribution in [1.82, 2.24) is 14.9 Å². The molecule has 0 saturated carbocycles. The number of fused-ring (bicyclic) bond motifs is 1. The van der Waals surface area contributed by atoms with Crippen molar-refractivity contribution in [3.63, 3.8) is 0 Å². The Morgan fingerprint density at radius 3 is 2.56 bits per heavy atom. The highest BCUT2D eigenvalue weighted by molar-refractivity contribution is 7.72. The van der Waals surface area contributed by atoms with E-state index in [2.05, 4.69) is 20.2 Å². The monoisotopic (exact) mass is 522 g/mol. The standard InChI is InChI=1S/C25H30F3N4O3P/c1-16(18-5-4-6-19(13-18)25(26,27)28)29-24-20-14-23(22(35-3)15-21(20)30-17(2)31-24)36(34)11-8-32(7-10-33)9-12-36/h4-6,13-16,33H,7-12H2,1-3H3,(H,29,30,31)/t16-/m1/s1. The number of aryl methyl sites for hydroxylation is 1. The molecule has 1 atom stereocenters. The normalized spacial score (nSPS) is 17.2. The predicted octanol–water partition coefficient (Wildman–Crippen LogP) is 4.44. The number of methoxy groups -OCH3 is 1. The van der Waals surface area contributed by atoms with Gasteiger partial charge >= 0.3 is 6.18 Å². The van der Waals surface area contributed by atoms with Crippen LogP contribution in [0.25, 0.3) is 10.9 Å². The number of aliphatic hydroxyl groups excluding tert-OH is 1. The largest absolute Gasteiger partial charge is 0.496 e. The highest BCUT2D eigenvalue weighted by Crippen LogP contribution is 2.49. The van der Waals surface area contributed by atoms with Gasteiger partial charge in [0.2, 0.25) is 0 Å². The van der Waals surface area contributed by atoms with E-state index in [-0.39, 0.29) is 6.61 Å². The van der Waals surface area contributed by atoms with Crippen LogP contribution in [-0.4, -0.2) is 65.6 Å². The van der Waals surface area contributed by atoms with Crippen molar-refractivity contribution in [1.29, 1.82) is 0 Å². The highest BCUT2D eigenvalue weighted by atomic mass is 31.2. The van der Waals surface area contributed by atoms with Gasteiger partial charge in [-0.25, -0.2) is 9.97 Å². The van der Waals surface area contributed by atoms with Gasteiger partial charge in [-0.2, -0.15) is 13.2 Å². The van der Waals surface area contributed by atoms with E-state index < -0.39 is 24.9 Å². The molecule has 0 amide bonds. The summed E-state index contributed by atoms with van der Waals surface area (Å²) in [6.45, 7) is 5.33. The van der Waals surface area contributed by atoms with Gasteiger partial charge in [0.05, 0.1) is 30.1 Å². The summed E-state index contributed by atoms with van der Waals surface area (Å²) in [4.78, 5) is 11.1. The molecule has 3 aromatic rings. The van der Waals surface area contributed by atoms with E-state index in [9.17, 15) is 22.8 Å². The first-order valence-corrected chi connectivity index (χ1v) is 13.8. The topological polar surface area (TPSA) is 87.6 Å². The molecule has 7 nitrogen and oxygen atoms in total. The number of nitrogens with one attached hydrogen (secondary N) is 1. The molecule has 0 unspecified atom stereocenters. The van der Waals surface area contributed by atoms with Gasteiger partial charge in [-0.15, -0.1) is 0 Å². The van der Waals surface area contributed by atoms with E-state index in [0.717, 1.165) is 12.1 Å². The number of halogens is 3. The summed E-state index contributed by atoms with van der Waals surface area (Å²) in [5.41, 5.74) is 0.342. The van der Waals surface area contributed by atoms with Crippen LogP contribution in [0.1, 0.15) is 29.9 Å². The number of alkyl halides is 3. The molecule has 2 N–H and O–H groups in total. The van der Waals surface area contributed by atoms with E-state index in [1.165, 1.54) is 13.2 Å². The van der Waals surface area contributed by atoms with Gasteiger partial charge in [-0.1, -0.05) is 12.1 Å². The smallest absolute Gasteiger partial charge is 0.416 e. The highest BCUT2D eigenvalue weighted by Gasteiger charge is 2.34. The summed E-state index contributed by atoms with van der Waals surface area (Å²) in [5, 5.41) is 13.7. The van der Waals surface area contributed by atoms with E-state index in [1.54, 1.807) is 32.0 Å². The van der Waals surface area contributed by atoms with Crippen molar-refractivity contribution in [3.8, 4) is 5.75 Å². The van der Waals surface area contributed by atoms with Crippen LogP contribution in [-0.2, 0) is 10.7 Å². The molecule has 1 aromatic heterocycles. The van der Waals surface area contributed by atoms with Crippen LogP contribution in [0.2, 0.25) is 0 Å². The Labute approximate surface area is 208 Å². The van der Waals surface area contributed by atoms with E-state index in [4.69, 9.17) is 4.74 Å².